The summed E-state index contributed by atoms with van der Waals surface area (Å²) in [6, 6.07) is 11.6. The molecule has 22 heavy (non-hydrogen) atoms. The largest absolute Gasteiger partial charge is 0.462 e. The highest BCUT2D eigenvalue weighted by atomic mass is 16.5. The zero-order chi connectivity index (χ0) is 15.5. The summed E-state index contributed by atoms with van der Waals surface area (Å²) in [5.41, 5.74) is 4.33. The molecular formula is C17H17N3O2. The van der Waals surface area contributed by atoms with Crippen LogP contribution in [-0.4, -0.2) is 22.8 Å². The van der Waals surface area contributed by atoms with E-state index in [4.69, 9.17) is 4.74 Å². The number of carbonyl (C=O) groups excluding carboxylic acids is 1. The van der Waals surface area contributed by atoms with Crippen LogP contribution in [0.15, 0.2) is 42.6 Å². The molecule has 112 valence electrons. The van der Waals surface area contributed by atoms with E-state index in [1.165, 1.54) is 0 Å². The lowest BCUT2D eigenvalue weighted by Crippen LogP contribution is -2.06. The Morgan fingerprint density at radius 1 is 1.23 bits per heavy atom. The molecule has 1 heterocycles. The van der Waals surface area contributed by atoms with Gasteiger partial charge in [-0.05, 0) is 55.8 Å². The second kappa shape index (κ2) is 5.89. The van der Waals surface area contributed by atoms with Gasteiger partial charge in [-0.15, -0.1) is 0 Å². The molecule has 0 bridgehead atoms. The minimum absolute atomic E-state index is 0.287. The number of aromatic amines is 1. The van der Waals surface area contributed by atoms with Gasteiger partial charge >= 0.3 is 5.97 Å². The van der Waals surface area contributed by atoms with E-state index in [1.54, 1.807) is 19.2 Å². The lowest BCUT2D eigenvalue weighted by Gasteiger charge is -2.10. The summed E-state index contributed by atoms with van der Waals surface area (Å²) >= 11 is 0. The number of hydrogen-bond donors (Lipinski definition) is 2. The van der Waals surface area contributed by atoms with Crippen LogP contribution in [0.25, 0.3) is 10.9 Å². The molecule has 0 fully saturated rings. The number of carbonyl (C=O) groups is 1. The summed E-state index contributed by atoms with van der Waals surface area (Å²) in [6.45, 7) is 4.08. The third kappa shape index (κ3) is 2.79. The molecule has 1 aromatic heterocycles. The molecule has 0 amide bonds. The topological polar surface area (TPSA) is 67.0 Å². The first-order valence-corrected chi connectivity index (χ1v) is 7.15. The highest BCUT2D eigenvalue weighted by molar-refractivity contribution is 5.91. The summed E-state index contributed by atoms with van der Waals surface area (Å²) in [4.78, 5) is 11.8. The maximum Gasteiger partial charge on any atom is 0.338 e. The molecule has 0 aliphatic heterocycles. The van der Waals surface area contributed by atoms with Crippen molar-refractivity contribution in [1.82, 2.24) is 10.2 Å². The van der Waals surface area contributed by atoms with Gasteiger partial charge in [-0.2, -0.15) is 5.10 Å². The summed E-state index contributed by atoms with van der Waals surface area (Å²) < 4.78 is 5.04. The zero-order valence-corrected chi connectivity index (χ0v) is 12.5. The van der Waals surface area contributed by atoms with Crippen molar-refractivity contribution in [2.75, 3.05) is 11.9 Å². The highest BCUT2D eigenvalue weighted by Crippen LogP contribution is 2.23. The second-order valence-corrected chi connectivity index (χ2v) is 5.05. The molecule has 2 N–H and O–H groups in total. The number of H-pyrrole nitrogens is 1. The standard InChI is InChI=1S/C17H17N3O2/c1-3-22-17(21)15-7-6-13(8-11(15)2)19-14-5-4-12-10-18-20-16(12)9-14/h4-10,19H,3H2,1-2H3,(H,18,20). The lowest BCUT2D eigenvalue weighted by atomic mass is 10.1. The maximum absolute atomic E-state index is 11.8. The molecule has 0 spiro atoms. The Kier molecular flexibility index (Phi) is 3.78. The van der Waals surface area contributed by atoms with E-state index in [0.717, 1.165) is 27.8 Å². The van der Waals surface area contributed by atoms with Gasteiger partial charge in [0, 0.05) is 16.8 Å². The molecule has 2 aromatic carbocycles. The van der Waals surface area contributed by atoms with E-state index < -0.39 is 0 Å². The van der Waals surface area contributed by atoms with Crippen LogP contribution >= 0.6 is 0 Å². The van der Waals surface area contributed by atoms with Crippen LogP contribution in [0.3, 0.4) is 0 Å². The number of nitrogens with zero attached hydrogens (tertiary/aromatic N) is 1. The number of aromatic nitrogens is 2. The maximum atomic E-state index is 11.8. The first-order chi connectivity index (χ1) is 10.7. The van der Waals surface area contributed by atoms with Crippen molar-refractivity contribution in [1.29, 1.82) is 0 Å². The highest BCUT2D eigenvalue weighted by Gasteiger charge is 2.10. The molecule has 5 heteroatoms. The minimum Gasteiger partial charge on any atom is -0.462 e. The van der Waals surface area contributed by atoms with Crippen molar-refractivity contribution in [3.05, 3.63) is 53.7 Å². The fourth-order valence-electron chi connectivity index (χ4n) is 2.36. The number of rotatable bonds is 4. The van der Waals surface area contributed by atoms with Crippen molar-refractivity contribution >= 4 is 28.2 Å². The van der Waals surface area contributed by atoms with Crippen LogP contribution in [-0.2, 0) is 4.74 Å². The van der Waals surface area contributed by atoms with Crippen molar-refractivity contribution < 1.29 is 9.53 Å². The number of ether oxygens (including phenoxy) is 1. The number of benzene rings is 2. The predicted octanol–water partition coefficient (Wildman–Crippen LogP) is 3.79. The van der Waals surface area contributed by atoms with Crippen molar-refractivity contribution in [2.45, 2.75) is 13.8 Å². The molecule has 5 nitrogen and oxygen atoms in total. The smallest absolute Gasteiger partial charge is 0.338 e. The zero-order valence-electron chi connectivity index (χ0n) is 12.5. The Hall–Kier alpha value is -2.82. The van der Waals surface area contributed by atoms with E-state index in [2.05, 4.69) is 15.5 Å². The molecule has 0 aliphatic rings. The predicted molar refractivity (Wildman–Crippen MR) is 86.5 cm³/mol. The summed E-state index contributed by atoms with van der Waals surface area (Å²) in [5.74, 6) is -0.287. The SMILES string of the molecule is CCOC(=O)c1ccc(Nc2ccc3cn[nH]c3c2)cc1C. The number of hydrogen-bond acceptors (Lipinski definition) is 4. The fourth-order valence-corrected chi connectivity index (χ4v) is 2.36. The Morgan fingerprint density at radius 3 is 2.77 bits per heavy atom. The van der Waals surface area contributed by atoms with Gasteiger partial charge in [0.05, 0.1) is 23.9 Å². The number of esters is 1. The molecular weight excluding hydrogens is 278 g/mol. The Labute approximate surface area is 128 Å². The van der Waals surface area contributed by atoms with Gasteiger partial charge in [-0.3, -0.25) is 5.10 Å². The van der Waals surface area contributed by atoms with Crippen molar-refractivity contribution in [3.8, 4) is 0 Å². The number of aryl methyl sites for hydroxylation is 1. The van der Waals surface area contributed by atoms with Crippen LogP contribution in [0, 0.1) is 6.92 Å². The molecule has 0 saturated heterocycles. The van der Waals surface area contributed by atoms with Crippen LogP contribution in [0.4, 0.5) is 11.4 Å². The number of nitrogens with one attached hydrogen (secondary N) is 2. The molecule has 3 aromatic rings. The number of anilines is 2. The van der Waals surface area contributed by atoms with Crippen LogP contribution < -0.4 is 5.32 Å². The van der Waals surface area contributed by atoms with Gasteiger partial charge < -0.3 is 10.1 Å². The van der Waals surface area contributed by atoms with E-state index in [9.17, 15) is 4.79 Å². The first kappa shape index (κ1) is 14.1. The van der Waals surface area contributed by atoms with Gasteiger partial charge in [-0.25, -0.2) is 4.79 Å². The monoisotopic (exact) mass is 295 g/mol. The van der Waals surface area contributed by atoms with Gasteiger partial charge in [0.2, 0.25) is 0 Å². The molecule has 0 radical (unpaired) electrons. The molecule has 0 unspecified atom stereocenters. The third-order valence-electron chi connectivity index (χ3n) is 3.45. The average Bonchev–Trinajstić information content (AvgIpc) is 2.95. The van der Waals surface area contributed by atoms with E-state index in [-0.39, 0.29) is 5.97 Å². The van der Waals surface area contributed by atoms with Gasteiger partial charge in [-0.1, -0.05) is 0 Å². The normalized spacial score (nSPS) is 10.6. The summed E-state index contributed by atoms with van der Waals surface area (Å²) in [6.07, 6.45) is 1.79. The van der Waals surface area contributed by atoms with Gasteiger partial charge in [0.25, 0.3) is 0 Å². The molecule has 0 aliphatic carbocycles. The molecule has 3 rings (SSSR count). The average molecular weight is 295 g/mol. The van der Waals surface area contributed by atoms with Crippen molar-refractivity contribution in [3.63, 3.8) is 0 Å². The Morgan fingerprint density at radius 2 is 2.00 bits per heavy atom. The minimum atomic E-state index is -0.287. The molecule has 0 saturated carbocycles. The van der Waals surface area contributed by atoms with Gasteiger partial charge in [0.15, 0.2) is 0 Å². The van der Waals surface area contributed by atoms with Gasteiger partial charge in [0.1, 0.15) is 0 Å². The van der Waals surface area contributed by atoms with Crippen LogP contribution in [0.1, 0.15) is 22.8 Å². The lowest BCUT2D eigenvalue weighted by molar-refractivity contribution is 0.0525. The molecule has 0 atom stereocenters. The van der Waals surface area contributed by atoms with Crippen molar-refractivity contribution in [2.24, 2.45) is 0 Å². The Bertz CT molecular complexity index is 824. The first-order valence-electron chi connectivity index (χ1n) is 7.15. The second-order valence-electron chi connectivity index (χ2n) is 5.05. The van der Waals surface area contributed by atoms with E-state index in [1.807, 2.05) is 37.3 Å². The summed E-state index contributed by atoms with van der Waals surface area (Å²) in [7, 11) is 0. The third-order valence-corrected chi connectivity index (χ3v) is 3.45. The quantitative estimate of drug-likeness (QED) is 0.719. The van der Waals surface area contributed by atoms with Crippen LogP contribution in [0.2, 0.25) is 0 Å². The Balaban J connectivity index is 1.83. The fraction of sp³-hybridized carbons (Fsp3) is 0.176. The number of fused-ring (bicyclic) bond motifs is 1. The van der Waals surface area contributed by atoms with E-state index >= 15 is 0 Å². The van der Waals surface area contributed by atoms with Crippen LogP contribution in [0.5, 0.6) is 0 Å². The summed E-state index contributed by atoms with van der Waals surface area (Å²) in [5, 5.41) is 11.3. The van der Waals surface area contributed by atoms with E-state index in [0.29, 0.717) is 12.2 Å².